The monoisotopic (exact) mass is 243 g/mol. The molecule has 0 aromatic rings. The zero-order valence-corrected chi connectivity index (χ0v) is 9.80. The number of likely N-dealkylation sites (tertiary alicyclic amines) is 1. The summed E-state index contributed by atoms with van der Waals surface area (Å²) in [7, 11) is 1.63. The van der Waals surface area contributed by atoms with Gasteiger partial charge in [0.15, 0.2) is 6.10 Å². The maximum absolute atomic E-state index is 12.0. The first kappa shape index (κ1) is 12.3. The summed E-state index contributed by atoms with van der Waals surface area (Å²) >= 11 is 0. The largest absolute Gasteiger partial charge is 0.479 e. The highest BCUT2D eigenvalue weighted by Crippen LogP contribution is 2.23. The number of ether oxygens (including phenoxy) is 2. The van der Waals surface area contributed by atoms with E-state index in [1.54, 1.807) is 12.0 Å². The van der Waals surface area contributed by atoms with Crippen LogP contribution in [0.1, 0.15) is 19.3 Å². The molecule has 2 fully saturated rings. The molecule has 2 aliphatic heterocycles. The van der Waals surface area contributed by atoms with Crippen LogP contribution >= 0.6 is 0 Å². The lowest BCUT2D eigenvalue weighted by Gasteiger charge is -2.20. The van der Waals surface area contributed by atoms with Crippen LogP contribution < -0.4 is 0 Å². The Morgan fingerprint density at radius 2 is 2.00 bits per heavy atom. The van der Waals surface area contributed by atoms with Crippen LogP contribution in [0, 0.1) is 0 Å². The van der Waals surface area contributed by atoms with E-state index in [-0.39, 0.29) is 12.0 Å². The summed E-state index contributed by atoms with van der Waals surface area (Å²) in [6, 6.07) is 0. The van der Waals surface area contributed by atoms with Gasteiger partial charge < -0.3 is 19.5 Å². The van der Waals surface area contributed by atoms with Gasteiger partial charge in [-0.05, 0) is 19.3 Å². The van der Waals surface area contributed by atoms with E-state index in [1.165, 1.54) is 0 Å². The Labute approximate surface area is 99.5 Å². The molecule has 2 aliphatic rings. The molecule has 96 valence electrons. The SMILES string of the molecule is COC1CCN(C(=O)C2CCC(C(=O)O)O2)C1. The number of methoxy groups -OCH3 is 1. The topological polar surface area (TPSA) is 76.1 Å². The van der Waals surface area contributed by atoms with Crippen molar-refractivity contribution in [2.45, 2.75) is 37.6 Å². The van der Waals surface area contributed by atoms with Crippen LogP contribution in [0.2, 0.25) is 0 Å². The molecule has 6 nitrogen and oxygen atoms in total. The van der Waals surface area contributed by atoms with Gasteiger partial charge in [-0.3, -0.25) is 4.79 Å². The summed E-state index contributed by atoms with van der Waals surface area (Å²) in [6.45, 7) is 1.24. The van der Waals surface area contributed by atoms with Crippen molar-refractivity contribution in [3.63, 3.8) is 0 Å². The highest BCUT2D eigenvalue weighted by molar-refractivity contribution is 5.83. The van der Waals surface area contributed by atoms with Crippen molar-refractivity contribution in [2.24, 2.45) is 0 Å². The number of amides is 1. The maximum atomic E-state index is 12.0. The molecule has 3 atom stereocenters. The fourth-order valence-electron chi connectivity index (χ4n) is 2.32. The highest BCUT2D eigenvalue weighted by Gasteiger charge is 2.38. The summed E-state index contributed by atoms with van der Waals surface area (Å²) in [5.74, 6) is -1.09. The normalized spacial score (nSPS) is 33.0. The molecule has 2 heterocycles. The molecule has 2 rings (SSSR count). The predicted octanol–water partition coefficient (Wildman–Crippen LogP) is -0.134. The molecule has 17 heavy (non-hydrogen) atoms. The van der Waals surface area contributed by atoms with Gasteiger partial charge in [0, 0.05) is 20.2 Å². The van der Waals surface area contributed by atoms with Crippen molar-refractivity contribution >= 4 is 11.9 Å². The number of aliphatic carboxylic acids is 1. The number of hydrogen-bond donors (Lipinski definition) is 1. The lowest BCUT2D eigenvalue weighted by molar-refractivity contribution is -0.154. The summed E-state index contributed by atoms with van der Waals surface area (Å²) in [5, 5.41) is 8.79. The molecule has 1 N–H and O–H groups in total. The zero-order valence-electron chi connectivity index (χ0n) is 9.80. The van der Waals surface area contributed by atoms with E-state index in [0.29, 0.717) is 25.9 Å². The molecular formula is C11H17NO5. The third kappa shape index (κ3) is 2.58. The van der Waals surface area contributed by atoms with Crippen molar-refractivity contribution in [3.05, 3.63) is 0 Å². The minimum atomic E-state index is -0.989. The number of carbonyl (C=O) groups excluding carboxylic acids is 1. The van der Waals surface area contributed by atoms with Crippen LogP contribution in [0.4, 0.5) is 0 Å². The molecule has 0 aromatic carbocycles. The second-order valence-corrected chi connectivity index (χ2v) is 4.46. The Kier molecular flexibility index (Phi) is 3.63. The van der Waals surface area contributed by atoms with Crippen LogP contribution in [0.5, 0.6) is 0 Å². The average molecular weight is 243 g/mol. The summed E-state index contributed by atoms with van der Waals surface area (Å²) in [5.41, 5.74) is 0. The van der Waals surface area contributed by atoms with Gasteiger partial charge in [-0.15, -0.1) is 0 Å². The van der Waals surface area contributed by atoms with E-state index >= 15 is 0 Å². The third-order valence-electron chi connectivity index (χ3n) is 3.36. The highest BCUT2D eigenvalue weighted by atomic mass is 16.5. The quantitative estimate of drug-likeness (QED) is 0.747. The first-order valence-electron chi connectivity index (χ1n) is 5.81. The molecule has 0 saturated carbocycles. The van der Waals surface area contributed by atoms with Crippen LogP contribution in [0.15, 0.2) is 0 Å². The minimum Gasteiger partial charge on any atom is -0.479 e. The second kappa shape index (κ2) is 5.01. The first-order valence-corrected chi connectivity index (χ1v) is 5.81. The molecule has 6 heteroatoms. The van der Waals surface area contributed by atoms with E-state index in [4.69, 9.17) is 14.6 Å². The van der Waals surface area contributed by atoms with Crippen molar-refractivity contribution < 1.29 is 24.2 Å². The molecule has 2 saturated heterocycles. The molecular weight excluding hydrogens is 226 g/mol. The smallest absolute Gasteiger partial charge is 0.332 e. The van der Waals surface area contributed by atoms with Gasteiger partial charge in [-0.1, -0.05) is 0 Å². The Balaban J connectivity index is 1.87. The number of nitrogens with zero attached hydrogens (tertiary/aromatic N) is 1. The van der Waals surface area contributed by atoms with E-state index in [9.17, 15) is 9.59 Å². The summed E-state index contributed by atoms with van der Waals surface area (Å²) < 4.78 is 10.4. The minimum absolute atomic E-state index is 0.0932. The van der Waals surface area contributed by atoms with Gasteiger partial charge in [0.1, 0.15) is 6.10 Å². The van der Waals surface area contributed by atoms with E-state index in [1.807, 2.05) is 0 Å². The van der Waals surface area contributed by atoms with Crippen LogP contribution in [-0.2, 0) is 19.1 Å². The molecule has 3 unspecified atom stereocenters. The van der Waals surface area contributed by atoms with Crippen molar-refractivity contribution in [1.29, 1.82) is 0 Å². The molecule has 0 radical (unpaired) electrons. The molecule has 0 aromatic heterocycles. The summed E-state index contributed by atoms with van der Waals surface area (Å²) in [6.07, 6.45) is 0.404. The summed E-state index contributed by atoms with van der Waals surface area (Å²) in [4.78, 5) is 24.4. The number of rotatable bonds is 3. The molecule has 0 spiro atoms. The Hall–Kier alpha value is -1.14. The van der Waals surface area contributed by atoms with Crippen molar-refractivity contribution in [1.82, 2.24) is 4.90 Å². The Morgan fingerprint density at radius 1 is 1.29 bits per heavy atom. The van der Waals surface area contributed by atoms with Gasteiger partial charge in [-0.25, -0.2) is 4.79 Å². The molecule has 0 aliphatic carbocycles. The van der Waals surface area contributed by atoms with Gasteiger partial charge in [0.2, 0.25) is 0 Å². The number of carbonyl (C=O) groups is 2. The number of carboxylic acid groups (broad SMARTS) is 1. The van der Waals surface area contributed by atoms with Crippen molar-refractivity contribution in [2.75, 3.05) is 20.2 Å². The zero-order chi connectivity index (χ0) is 12.4. The fraction of sp³-hybridized carbons (Fsp3) is 0.818. The molecule has 1 amide bonds. The Bertz CT molecular complexity index is 319. The number of carboxylic acids is 1. The third-order valence-corrected chi connectivity index (χ3v) is 3.36. The molecule has 0 bridgehead atoms. The van der Waals surface area contributed by atoms with Gasteiger partial charge in [-0.2, -0.15) is 0 Å². The second-order valence-electron chi connectivity index (χ2n) is 4.46. The maximum Gasteiger partial charge on any atom is 0.332 e. The van der Waals surface area contributed by atoms with E-state index in [2.05, 4.69) is 0 Å². The fourth-order valence-corrected chi connectivity index (χ4v) is 2.32. The van der Waals surface area contributed by atoms with E-state index in [0.717, 1.165) is 6.42 Å². The average Bonchev–Trinajstić information content (AvgIpc) is 2.97. The van der Waals surface area contributed by atoms with Gasteiger partial charge >= 0.3 is 5.97 Å². The van der Waals surface area contributed by atoms with Crippen LogP contribution in [0.25, 0.3) is 0 Å². The number of hydrogen-bond acceptors (Lipinski definition) is 4. The Morgan fingerprint density at radius 3 is 2.53 bits per heavy atom. The van der Waals surface area contributed by atoms with Crippen LogP contribution in [0.3, 0.4) is 0 Å². The predicted molar refractivity (Wildman–Crippen MR) is 57.5 cm³/mol. The first-order chi connectivity index (χ1) is 8.11. The standard InChI is InChI=1S/C11H17NO5/c1-16-7-4-5-12(6-7)10(13)8-2-3-9(17-8)11(14)15/h7-9H,2-6H2,1H3,(H,14,15). The van der Waals surface area contributed by atoms with Crippen LogP contribution in [-0.4, -0.2) is 60.4 Å². The van der Waals surface area contributed by atoms with Gasteiger partial charge in [0.25, 0.3) is 5.91 Å². The lowest BCUT2D eigenvalue weighted by Crippen LogP contribution is -2.38. The lowest BCUT2D eigenvalue weighted by atomic mass is 10.2. The van der Waals surface area contributed by atoms with E-state index < -0.39 is 18.2 Å². The van der Waals surface area contributed by atoms with Gasteiger partial charge in [0.05, 0.1) is 6.10 Å². The van der Waals surface area contributed by atoms with Crippen molar-refractivity contribution in [3.8, 4) is 0 Å².